The molecule has 14 aromatic rings. The van der Waals surface area contributed by atoms with E-state index in [1.54, 1.807) is 44.0 Å². The number of anilines is 2. The molecule has 0 saturated carbocycles. The van der Waals surface area contributed by atoms with Gasteiger partial charge in [0.1, 0.15) is 0 Å². The van der Waals surface area contributed by atoms with Gasteiger partial charge in [-0.05, 0) is 94.5 Å². The van der Waals surface area contributed by atoms with Gasteiger partial charge in [-0.15, -0.1) is 57.9 Å². The Balaban J connectivity index is -0.000000468. The normalized spacial score (nSPS) is 10.0. The molecule has 0 unspecified atom stereocenters. The van der Waals surface area contributed by atoms with Crippen LogP contribution in [0.25, 0.3) is 63.2 Å². The maximum absolute atomic E-state index is 4.80. The predicted octanol–water partition coefficient (Wildman–Crippen LogP) is 33.6. The van der Waals surface area contributed by atoms with Gasteiger partial charge in [-0.2, -0.15) is 73.9 Å². The second-order valence-electron chi connectivity index (χ2n) is 24.4. The van der Waals surface area contributed by atoms with Crippen LogP contribution in [0.5, 0.6) is 0 Å². The second kappa shape index (κ2) is 74.6. The first kappa shape index (κ1) is 127. The van der Waals surface area contributed by atoms with Crippen LogP contribution in [0.2, 0.25) is 0 Å². The summed E-state index contributed by atoms with van der Waals surface area (Å²) in [6.45, 7) is 66.6. The van der Waals surface area contributed by atoms with Gasteiger partial charge >= 0.3 is 0 Å². The molecule has 662 valence electrons. The van der Waals surface area contributed by atoms with Gasteiger partial charge in [0.25, 0.3) is 0 Å². The molecule has 3 aromatic heterocycles. The van der Waals surface area contributed by atoms with Crippen molar-refractivity contribution in [1.82, 2.24) is 15.0 Å². The van der Waals surface area contributed by atoms with Crippen molar-refractivity contribution < 1.29 is 131 Å². The molecule has 0 N–H and O–H groups in total. The molecule has 10 nitrogen and oxygen atoms in total. The van der Waals surface area contributed by atoms with Crippen LogP contribution in [0.15, 0.2) is 250 Å². The summed E-state index contributed by atoms with van der Waals surface area (Å²) in [6, 6.07) is 78.2. The number of thiophene rings is 1. The number of aryl methyl sites for hydroxylation is 8. The minimum atomic E-state index is 0. The minimum Gasteiger partial charge on any atom is -0.300 e. The second-order valence-corrected chi connectivity index (χ2v) is 27.5. The molecule has 11 aromatic carbocycles. The fourth-order valence-electron chi connectivity index (χ4n) is 11.4. The van der Waals surface area contributed by atoms with E-state index in [2.05, 4.69) is 330 Å². The van der Waals surface area contributed by atoms with E-state index in [0.29, 0.717) is 0 Å². The molecular weight excluding hydrogens is 1890 g/mol. The van der Waals surface area contributed by atoms with Crippen LogP contribution in [-0.2, 0) is 131 Å². The van der Waals surface area contributed by atoms with E-state index in [1.807, 2.05) is 199 Å². The first-order valence-electron chi connectivity index (χ1n) is 44.1. The van der Waals surface area contributed by atoms with Gasteiger partial charge in [-0.3, -0.25) is 15.1 Å². The molecule has 0 bridgehead atoms. The minimum absolute atomic E-state index is 0. The van der Waals surface area contributed by atoms with Gasteiger partial charge in [0.2, 0.25) is 10.3 Å². The summed E-state index contributed by atoms with van der Waals surface area (Å²) in [5.74, 6) is 0. The third-order valence-corrected chi connectivity index (χ3v) is 20.4. The molecule has 4 radical (unpaired) electrons. The fraction of sp³-hybridized carbons (Fsp3) is 0.343. The zero-order valence-electron chi connectivity index (χ0n) is 82.9. The van der Waals surface area contributed by atoms with E-state index < -0.39 is 0 Å². The van der Waals surface area contributed by atoms with Crippen LogP contribution in [0.1, 0.15) is 262 Å². The van der Waals surface area contributed by atoms with Gasteiger partial charge in [0.15, 0.2) is 0 Å². The standard InChI is InChI=1S/C23H21N2.2C21H18N3S.C19H17N2S.12C2H6.4Y/c1-16-12-13-17(2)18(14-16)15-24-25(3)23-21-10-6-4-8-19(21)20-9-5-7-11-22(20)23;1-14-8-9-15(2)17(12-14)13-22-24(3)21-23-20-18-7-5-4-6-16(18)10-11-19(20)25-21;1-14-8-9-15(2)17(12-14)13-22-24(3)21-23-19-11-10-16-6-4-5-7-18(16)20(19)25-21;1-13-8-9-14(2)17(10-13)12-20-21-15(3)19-11-16-6-4-5-7-18(16)22-19;12*1-2;;;;/h4-14,23H,1-3H3;2*4-12H,1-3H3;4-11H,1-3H3;12*1-2H3;;;;/q4*-1;;;;;;;;;;;;;;;;/b;;;21-15+;;;;;;;;;;;;;;;;. The summed E-state index contributed by atoms with van der Waals surface area (Å²) in [4.78, 5) is 10.7. The Morgan fingerprint density at radius 2 is 0.680 bits per heavy atom. The quantitative estimate of drug-likeness (QED) is 0.0690. The maximum atomic E-state index is 4.80. The summed E-state index contributed by atoms with van der Waals surface area (Å²) in [5.41, 5.74) is 21.7. The van der Waals surface area contributed by atoms with Crippen molar-refractivity contribution in [2.45, 2.75) is 235 Å². The van der Waals surface area contributed by atoms with Crippen molar-refractivity contribution in [2.75, 3.05) is 31.2 Å². The van der Waals surface area contributed by atoms with Crippen molar-refractivity contribution in [3.63, 3.8) is 0 Å². The Kier molecular flexibility index (Phi) is 76.0. The molecule has 0 fully saturated rings. The zero-order valence-corrected chi connectivity index (χ0v) is 96.7. The monoisotopic (exact) mass is 2030 g/mol. The topological polar surface area (TPSA) is 97.3 Å². The van der Waals surface area contributed by atoms with E-state index in [0.717, 1.165) is 70.8 Å². The number of rotatable bonds is 12. The van der Waals surface area contributed by atoms with Gasteiger partial charge in [0.05, 0.1) is 37.1 Å². The Morgan fingerprint density at radius 3 is 1.11 bits per heavy atom. The number of hydrogen-bond donors (Lipinski definition) is 0. The van der Waals surface area contributed by atoms with Crippen molar-refractivity contribution in [3.05, 3.63) is 307 Å². The SMILES string of the molecule is C/C(=N\N=[C-]c1cc(C)ccc1C)c1cc2ccccc2s1.CC.CC.CC.CC.CC.CC.CC.CC.CC.CC.CC.CC.Cc1ccc(C)c([C-]=NN(C)C2c3ccccc3-c3ccccc32)c1.Cc1ccc(C)c([C-]=NN(C)c2nc3c(ccc4ccccc43)s2)c1.Cc1ccc(C)c([C-]=NN(C)c2nc3ccc4ccccc4c3s2)c1.[Y].[Y].[Y].[Y]. The summed E-state index contributed by atoms with van der Waals surface area (Å²) in [5, 5.41) is 35.5. The molecule has 1 aliphatic carbocycles. The third-order valence-electron chi connectivity index (χ3n) is 17.0. The molecular formula is C108H146N10S3Y4-4. The molecule has 125 heavy (non-hydrogen) atoms. The Labute approximate surface area is 871 Å². The van der Waals surface area contributed by atoms with Gasteiger partial charge in [-0.1, -0.05) is 396 Å². The average Bonchev–Trinajstić information content (AvgIpc) is 1.52. The first-order valence-corrected chi connectivity index (χ1v) is 46.6. The number of fused-ring (bicyclic) bond motifs is 10. The molecule has 0 atom stereocenters. The molecule has 3 heterocycles. The van der Waals surface area contributed by atoms with E-state index in [9.17, 15) is 0 Å². The fourth-order valence-corrected chi connectivity index (χ4v) is 14.3. The molecule has 0 aliphatic heterocycles. The zero-order chi connectivity index (χ0) is 91.7. The number of nitrogens with zero attached hydrogens (tertiary/aromatic N) is 10. The Morgan fingerprint density at radius 1 is 0.328 bits per heavy atom. The molecule has 17 heteroatoms. The van der Waals surface area contributed by atoms with Crippen molar-refractivity contribution in [1.29, 1.82) is 0 Å². The average molecular weight is 2040 g/mol. The summed E-state index contributed by atoms with van der Waals surface area (Å²) < 4.78 is 3.64. The van der Waals surface area contributed by atoms with Gasteiger partial charge in [0, 0.05) is 167 Å². The maximum Gasteiger partial charge on any atom is 0.205 e. The number of hydrazone groups is 3. The van der Waals surface area contributed by atoms with Crippen molar-refractivity contribution in [2.24, 2.45) is 25.5 Å². The molecule has 0 saturated heterocycles. The first-order chi connectivity index (χ1) is 59.0. The van der Waals surface area contributed by atoms with E-state index in [1.165, 1.54) is 91.1 Å². The van der Waals surface area contributed by atoms with Gasteiger partial charge in [-0.25, -0.2) is 25.3 Å². The van der Waals surface area contributed by atoms with Crippen LogP contribution in [0, 0.1) is 55.4 Å². The van der Waals surface area contributed by atoms with Crippen molar-refractivity contribution >= 4 is 127 Å². The van der Waals surface area contributed by atoms with E-state index in [4.69, 9.17) is 9.97 Å². The third kappa shape index (κ3) is 39.6. The molecule has 15 rings (SSSR count). The van der Waals surface area contributed by atoms with Gasteiger partial charge < -0.3 is 5.01 Å². The van der Waals surface area contributed by atoms with Crippen LogP contribution < -0.4 is 10.0 Å². The number of thiazole rings is 2. The summed E-state index contributed by atoms with van der Waals surface area (Å²) >= 11 is 5.04. The van der Waals surface area contributed by atoms with Crippen LogP contribution in [0.3, 0.4) is 0 Å². The van der Waals surface area contributed by atoms with E-state index in [-0.39, 0.29) is 137 Å². The van der Waals surface area contributed by atoms with Crippen LogP contribution in [0.4, 0.5) is 10.3 Å². The predicted molar refractivity (Wildman–Crippen MR) is 553 cm³/mol. The summed E-state index contributed by atoms with van der Waals surface area (Å²) in [7, 11) is 5.86. The molecule has 0 amide bonds. The Bertz CT molecular complexity index is 5110. The van der Waals surface area contributed by atoms with Crippen LogP contribution in [-0.4, -0.2) is 66.7 Å². The molecule has 0 spiro atoms. The van der Waals surface area contributed by atoms with E-state index >= 15 is 0 Å². The van der Waals surface area contributed by atoms with Crippen LogP contribution >= 0.6 is 34.0 Å². The number of hydrogen-bond acceptors (Lipinski definition) is 13. The largest absolute Gasteiger partial charge is 0.300 e. The molecule has 1 aliphatic rings. The van der Waals surface area contributed by atoms with Crippen molar-refractivity contribution in [3.8, 4) is 11.1 Å². The summed E-state index contributed by atoms with van der Waals surface area (Å²) in [6.07, 6.45) is 12.6. The number of benzene rings is 11. The Hall–Kier alpha value is -6.15. The number of aromatic nitrogens is 2. The smallest absolute Gasteiger partial charge is 0.205 e.